The molecule has 1 aliphatic rings. The Hall–Kier alpha value is -1.07. The molecule has 0 N–H and O–H groups in total. The molecule has 1 saturated heterocycles. The normalized spacial score (nSPS) is 16.5. The summed E-state index contributed by atoms with van der Waals surface area (Å²) in [4.78, 5) is 14.0. The summed E-state index contributed by atoms with van der Waals surface area (Å²) in [5.41, 5.74) is 1.21. The van der Waals surface area contributed by atoms with E-state index in [1.165, 1.54) is 5.56 Å². The number of nitrogens with zero attached hydrogens (tertiary/aromatic N) is 1. The van der Waals surface area contributed by atoms with Crippen molar-refractivity contribution in [3.05, 3.63) is 28.2 Å². The highest BCUT2D eigenvalue weighted by atomic mass is 79.9. The number of hydrogen-bond donors (Lipinski definition) is 0. The van der Waals surface area contributed by atoms with Crippen LogP contribution in [0.1, 0.15) is 25.3 Å². The molecular formula is C17H24BrNO3. The lowest BCUT2D eigenvalue weighted by atomic mass is 9.97. The first-order valence-corrected chi connectivity index (χ1v) is 8.67. The van der Waals surface area contributed by atoms with E-state index in [0.29, 0.717) is 13.2 Å². The maximum atomic E-state index is 11.7. The van der Waals surface area contributed by atoms with Crippen molar-refractivity contribution in [2.75, 3.05) is 32.8 Å². The SMILES string of the molecule is CCOC(=O)C1CCN(CCOc2ccc(C)cc2Br)CC1. The Morgan fingerprint density at radius 1 is 1.36 bits per heavy atom. The highest BCUT2D eigenvalue weighted by Gasteiger charge is 2.25. The number of carbonyl (C=O) groups excluding carboxylic acids is 1. The van der Waals surface area contributed by atoms with Crippen LogP contribution >= 0.6 is 15.9 Å². The number of esters is 1. The minimum absolute atomic E-state index is 0.0398. The molecule has 1 aromatic carbocycles. The van der Waals surface area contributed by atoms with E-state index in [4.69, 9.17) is 9.47 Å². The summed E-state index contributed by atoms with van der Waals surface area (Å²) in [6.07, 6.45) is 1.76. The van der Waals surface area contributed by atoms with Crippen LogP contribution in [0.4, 0.5) is 0 Å². The quantitative estimate of drug-likeness (QED) is 0.720. The largest absolute Gasteiger partial charge is 0.491 e. The third-order valence-electron chi connectivity index (χ3n) is 3.96. The summed E-state index contributed by atoms with van der Waals surface area (Å²) in [5.74, 6) is 0.914. The van der Waals surface area contributed by atoms with Gasteiger partial charge in [0.2, 0.25) is 0 Å². The van der Waals surface area contributed by atoms with Gasteiger partial charge in [0.15, 0.2) is 0 Å². The number of likely N-dealkylation sites (tertiary alicyclic amines) is 1. The Labute approximate surface area is 140 Å². The van der Waals surface area contributed by atoms with E-state index in [1.807, 2.05) is 19.1 Å². The number of aryl methyl sites for hydroxylation is 1. The number of hydrogen-bond acceptors (Lipinski definition) is 4. The fraction of sp³-hybridized carbons (Fsp3) is 0.588. The second kappa shape index (κ2) is 8.53. The molecule has 5 heteroatoms. The molecule has 0 amide bonds. The van der Waals surface area contributed by atoms with E-state index in [0.717, 1.165) is 42.7 Å². The topological polar surface area (TPSA) is 38.8 Å². The summed E-state index contributed by atoms with van der Waals surface area (Å²) in [7, 11) is 0. The molecule has 1 fully saturated rings. The van der Waals surface area contributed by atoms with Crippen LogP contribution in [0.3, 0.4) is 0 Å². The summed E-state index contributed by atoms with van der Waals surface area (Å²) in [6.45, 7) is 7.79. The first kappa shape index (κ1) is 17.3. The zero-order valence-electron chi connectivity index (χ0n) is 13.3. The van der Waals surface area contributed by atoms with Gasteiger partial charge < -0.3 is 9.47 Å². The maximum Gasteiger partial charge on any atom is 0.309 e. The molecule has 2 rings (SSSR count). The fourth-order valence-corrected chi connectivity index (χ4v) is 3.27. The van der Waals surface area contributed by atoms with Gasteiger partial charge in [-0.3, -0.25) is 9.69 Å². The van der Waals surface area contributed by atoms with E-state index in [9.17, 15) is 4.79 Å². The zero-order chi connectivity index (χ0) is 15.9. The number of benzene rings is 1. The second-order valence-electron chi connectivity index (χ2n) is 5.65. The average Bonchev–Trinajstić information content (AvgIpc) is 2.50. The third kappa shape index (κ3) is 4.99. The highest BCUT2D eigenvalue weighted by molar-refractivity contribution is 9.10. The Morgan fingerprint density at radius 2 is 2.09 bits per heavy atom. The van der Waals surface area contributed by atoms with Gasteiger partial charge in [0, 0.05) is 6.54 Å². The monoisotopic (exact) mass is 369 g/mol. The van der Waals surface area contributed by atoms with Crippen molar-refractivity contribution >= 4 is 21.9 Å². The summed E-state index contributed by atoms with van der Waals surface area (Å²) < 4.78 is 11.9. The predicted octanol–water partition coefficient (Wildman–Crippen LogP) is 3.41. The fourth-order valence-electron chi connectivity index (χ4n) is 2.66. The van der Waals surface area contributed by atoms with Crippen molar-refractivity contribution in [2.24, 2.45) is 5.92 Å². The molecule has 4 nitrogen and oxygen atoms in total. The van der Waals surface area contributed by atoms with Gasteiger partial charge >= 0.3 is 5.97 Å². The van der Waals surface area contributed by atoms with Crippen LogP contribution in [0.2, 0.25) is 0 Å². The second-order valence-corrected chi connectivity index (χ2v) is 6.50. The lowest BCUT2D eigenvalue weighted by Gasteiger charge is -2.30. The lowest BCUT2D eigenvalue weighted by Crippen LogP contribution is -2.39. The standard InChI is InChI=1S/C17H24BrNO3/c1-3-21-17(20)14-6-8-19(9-7-14)10-11-22-16-5-4-13(2)12-15(16)18/h4-5,12,14H,3,6-11H2,1-2H3. The van der Waals surface area contributed by atoms with Crippen LogP contribution in [-0.2, 0) is 9.53 Å². The van der Waals surface area contributed by atoms with Crippen LogP contribution in [-0.4, -0.2) is 43.7 Å². The first-order valence-electron chi connectivity index (χ1n) is 7.88. The lowest BCUT2D eigenvalue weighted by molar-refractivity contribution is -0.149. The Morgan fingerprint density at radius 3 is 2.73 bits per heavy atom. The molecule has 0 atom stereocenters. The molecule has 122 valence electrons. The van der Waals surface area contributed by atoms with E-state index in [2.05, 4.69) is 33.8 Å². The van der Waals surface area contributed by atoms with Crippen molar-refractivity contribution in [1.82, 2.24) is 4.90 Å². The number of rotatable bonds is 6. The molecule has 1 aromatic rings. The third-order valence-corrected chi connectivity index (χ3v) is 4.58. The predicted molar refractivity (Wildman–Crippen MR) is 90.2 cm³/mol. The summed E-state index contributed by atoms with van der Waals surface area (Å²) in [5, 5.41) is 0. The van der Waals surface area contributed by atoms with Crippen molar-refractivity contribution in [3.8, 4) is 5.75 Å². The molecule has 1 aliphatic heterocycles. The smallest absolute Gasteiger partial charge is 0.309 e. The first-order chi connectivity index (χ1) is 10.6. The summed E-state index contributed by atoms with van der Waals surface area (Å²) in [6, 6.07) is 6.09. The molecule has 22 heavy (non-hydrogen) atoms. The van der Waals surface area contributed by atoms with Crippen molar-refractivity contribution in [2.45, 2.75) is 26.7 Å². The summed E-state index contributed by atoms with van der Waals surface area (Å²) >= 11 is 3.52. The minimum Gasteiger partial charge on any atom is -0.491 e. The van der Waals surface area contributed by atoms with Crippen molar-refractivity contribution in [1.29, 1.82) is 0 Å². The maximum absolute atomic E-state index is 11.7. The number of piperidine rings is 1. The molecule has 0 unspecified atom stereocenters. The number of carbonyl (C=O) groups is 1. The molecular weight excluding hydrogens is 346 g/mol. The van der Waals surface area contributed by atoms with E-state index in [-0.39, 0.29) is 11.9 Å². The highest BCUT2D eigenvalue weighted by Crippen LogP contribution is 2.26. The Balaban J connectivity index is 1.70. The molecule has 0 aromatic heterocycles. The molecule has 0 saturated carbocycles. The van der Waals surface area contributed by atoms with Crippen molar-refractivity contribution < 1.29 is 14.3 Å². The molecule has 0 aliphatic carbocycles. The number of halogens is 1. The average molecular weight is 370 g/mol. The van der Waals surface area contributed by atoms with Gasteiger partial charge in [0.1, 0.15) is 12.4 Å². The Bertz CT molecular complexity index is 499. The van der Waals surface area contributed by atoms with Crippen LogP contribution in [0.5, 0.6) is 5.75 Å². The molecule has 0 radical (unpaired) electrons. The van der Waals surface area contributed by atoms with Gasteiger partial charge in [-0.2, -0.15) is 0 Å². The van der Waals surface area contributed by atoms with Gasteiger partial charge in [-0.15, -0.1) is 0 Å². The molecule has 0 bridgehead atoms. The zero-order valence-corrected chi connectivity index (χ0v) is 14.9. The van der Waals surface area contributed by atoms with Gasteiger partial charge in [-0.1, -0.05) is 6.07 Å². The van der Waals surface area contributed by atoms with Crippen LogP contribution in [0, 0.1) is 12.8 Å². The number of ether oxygens (including phenoxy) is 2. The van der Waals surface area contributed by atoms with Crippen LogP contribution in [0.15, 0.2) is 22.7 Å². The van der Waals surface area contributed by atoms with Gasteiger partial charge in [0.05, 0.1) is 17.0 Å². The molecule has 1 heterocycles. The van der Waals surface area contributed by atoms with Gasteiger partial charge in [0.25, 0.3) is 0 Å². The molecule has 0 spiro atoms. The van der Waals surface area contributed by atoms with Crippen LogP contribution in [0.25, 0.3) is 0 Å². The Kier molecular flexibility index (Phi) is 6.70. The van der Waals surface area contributed by atoms with Crippen molar-refractivity contribution in [3.63, 3.8) is 0 Å². The minimum atomic E-state index is -0.0398. The van der Waals surface area contributed by atoms with E-state index >= 15 is 0 Å². The van der Waals surface area contributed by atoms with Crippen LogP contribution < -0.4 is 4.74 Å². The van der Waals surface area contributed by atoms with Gasteiger partial charge in [-0.05, 0) is 73.4 Å². The van der Waals surface area contributed by atoms with Gasteiger partial charge in [-0.25, -0.2) is 0 Å². The van der Waals surface area contributed by atoms with E-state index < -0.39 is 0 Å². The van der Waals surface area contributed by atoms with E-state index in [1.54, 1.807) is 0 Å².